The minimum Gasteiger partial charge on any atom is -0.497 e. The van der Waals surface area contributed by atoms with Crippen molar-refractivity contribution in [3.8, 4) is 11.5 Å². The van der Waals surface area contributed by atoms with Gasteiger partial charge in [0, 0.05) is 31.5 Å². The summed E-state index contributed by atoms with van der Waals surface area (Å²) in [5.74, 6) is 2.30. The van der Waals surface area contributed by atoms with E-state index < -0.39 is 0 Å². The quantitative estimate of drug-likeness (QED) is 0.614. The molecule has 0 spiro atoms. The largest absolute Gasteiger partial charge is 0.497 e. The van der Waals surface area contributed by atoms with Gasteiger partial charge in [0.05, 0.1) is 30.9 Å². The first-order chi connectivity index (χ1) is 13.7. The molecule has 6 nitrogen and oxygen atoms in total. The molecule has 1 saturated heterocycles. The number of nitrogens with zero attached hydrogens (tertiary/aromatic N) is 3. The molecule has 1 aliphatic heterocycles. The first kappa shape index (κ1) is 18.1. The van der Waals surface area contributed by atoms with Crippen molar-refractivity contribution < 1.29 is 14.3 Å². The maximum absolute atomic E-state index is 12.9. The summed E-state index contributed by atoms with van der Waals surface area (Å²) in [4.78, 5) is 19.5. The Morgan fingerprint density at radius 3 is 2.79 bits per heavy atom. The van der Waals surface area contributed by atoms with E-state index in [1.165, 1.54) is 0 Å². The number of para-hydroxylation sites is 2. The number of fused-ring (bicyclic) bond motifs is 1. The Kier molecular flexibility index (Phi) is 4.77. The van der Waals surface area contributed by atoms with Crippen LogP contribution in [0, 0.1) is 0 Å². The predicted molar refractivity (Wildman–Crippen MR) is 109 cm³/mol. The number of allylic oxidation sites excluding steroid dienone is 1. The van der Waals surface area contributed by atoms with Crippen LogP contribution >= 0.6 is 0 Å². The van der Waals surface area contributed by atoms with Crippen LogP contribution in [-0.2, 0) is 11.3 Å². The Hall–Kier alpha value is -3.28. The monoisotopic (exact) mass is 377 g/mol. The summed E-state index contributed by atoms with van der Waals surface area (Å²) < 4.78 is 12.9. The lowest BCUT2D eigenvalue weighted by atomic mass is 10.1. The minimum absolute atomic E-state index is 0.00393. The number of carbonyl (C=O) groups is 1. The molecule has 1 amide bonds. The number of amides is 1. The number of aromatic nitrogens is 2. The van der Waals surface area contributed by atoms with Crippen molar-refractivity contribution in [3.05, 3.63) is 60.9 Å². The summed E-state index contributed by atoms with van der Waals surface area (Å²) >= 11 is 0. The van der Waals surface area contributed by atoms with Crippen molar-refractivity contribution in [3.63, 3.8) is 0 Å². The highest BCUT2D eigenvalue weighted by atomic mass is 16.5. The zero-order valence-electron chi connectivity index (χ0n) is 16.1. The molecule has 0 saturated carbocycles. The standard InChI is InChI=1S/C22H23N3O3/c1-4-11-24-18-8-6-5-7-17(18)23-22(24)15-12-21(26)25(14-15)19-13-16(27-2)9-10-20(19)28-3/h4-10,13,15H,1,11-12,14H2,2-3H3/t15-/m1/s1. The minimum atomic E-state index is -0.00393. The van der Waals surface area contributed by atoms with Gasteiger partial charge in [-0.15, -0.1) is 6.58 Å². The first-order valence-electron chi connectivity index (χ1n) is 9.24. The average Bonchev–Trinajstić information content (AvgIpc) is 3.28. The van der Waals surface area contributed by atoms with Crippen molar-refractivity contribution in [1.29, 1.82) is 0 Å². The van der Waals surface area contributed by atoms with E-state index in [1.807, 2.05) is 42.5 Å². The van der Waals surface area contributed by atoms with Gasteiger partial charge in [0.15, 0.2) is 0 Å². The molecule has 0 N–H and O–H groups in total. The van der Waals surface area contributed by atoms with E-state index in [0.29, 0.717) is 31.0 Å². The van der Waals surface area contributed by atoms with E-state index in [4.69, 9.17) is 14.5 Å². The third-order valence-electron chi connectivity index (χ3n) is 5.16. The smallest absolute Gasteiger partial charge is 0.227 e. The predicted octanol–water partition coefficient (Wildman–Crippen LogP) is 3.76. The van der Waals surface area contributed by atoms with E-state index in [-0.39, 0.29) is 11.8 Å². The summed E-state index contributed by atoms with van der Waals surface area (Å²) in [7, 11) is 3.21. The molecule has 0 bridgehead atoms. The Bertz CT molecular complexity index is 1040. The summed E-state index contributed by atoms with van der Waals surface area (Å²) in [5, 5.41) is 0. The number of anilines is 1. The molecule has 28 heavy (non-hydrogen) atoms. The second kappa shape index (κ2) is 7.38. The van der Waals surface area contributed by atoms with Crippen LogP contribution in [0.15, 0.2) is 55.1 Å². The third kappa shape index (κ3) is 3.01. The second-order valence-corrected chi connectivity index (χ2v) is 6.80. The maximum atomic E-state index is 12.9. The van der Waals surface area contributed by atoms with Crippen LogP contribution < -0.4 is 14.4 Å². The molecule has 2 heterocycles. The van der Waals surface area contributed by atoms with Gasteiger partial charge in [-0.1, -0.05) is 18.2 Å². The fraction of sp³-hybridized carbons (Fsp3) is 0.273. The van der Waals surface area contributed by atoms with Crippen molar-refractivity contribution in [2.24, 2.45) is 0 Å². The number of methoxy groups -OCH3 is 2. The highest BCUT2D eigenvalue weighted by molar-refractivity contribution is 5.98. The van der Waals surface area contributed by atoms with Gasteiger partial charge in [-0.2, -0.15) is 0 Å². The van der Waals surface area contributed by atoms with Crippen LogP contribution in [-0.4, -0.2) is 36.2 Å². The van der Waals surface area contributed by atoms with Gasteiger partial charge >= 0.3 is 0 Å². The van der Waals surface area contributed by atoms with E-state index in [9.17, 15) is 4.79 Å². The lowest BCUT2D eigenvalue weighted by molar-refractivity contribution is -0.117. The van der Waals surface area contributed by atoms with Crippen LogP contribution in [0.1, 0.15) is 18.2 Å². The van der Waals surface area contributed by atoms with Crippen LogP contribution in [0.5, 0.6) is 11.5 Å². The number of hydrogen-bond acceptors (Lipinski definition) is 4. The Labute approximate surface area is 164 Å². The van der Waals surface area contributed by atoms with Crippen molar-refractivity contribution in [2.75, 3.05) is 25.7 Å². The van der Waals surface area contributed by atoms with Gasteiger partial charge in [-0.05, 0) is 24.3 Å². The molecule has 0 radical (unpaired) electrons. The lowest BCUT2D eigenvalue weighted by Crippen LogP contribution is -2.25. The molecule has 0 aliphatic carbocycles. The van der Waals surface area contributed by atoms with Gasteiger partial charge in [-0.25, -0.2) is 4.98 Å². The van der Waals surface area contributed by atoms with Crippen LogP contribution in [0.25, 0.3) is 11.0 Å². The van der Waals surface area contributed by atoms with E-state index in [2.05, 4.69) is 17.2 Å². The molecule has 4 rings (SSSR count). The highest BCUT2D eigenvalue weighted by Gasteiger charge is 2.36. The topological polar surface area (TPSA) is 56.6 Å². The SMILES string of the molecule is C=CCn1c([C@@H]2CC(=O)N(c3cc(OC)ccc3OC)C2)nc2ccccc21. The molecule has 0 unspecified atom stereocenters. The van der Waals surface area contributed by atoms with Crippen molar-refractivity contribution >= 4 is 22.6 Å². The van der Waals surface area contributed by atoms with Gasteiger partial charge in [0.25, 0.3) is 0 Å². The molecular weight excluding hydrogens is 354 g/mol. The number of ether oxygens (including phenoxy) is 2. The molecule has 1 aliphatic rings. The Morgan fingerprint density at radius 1 is 1.21 bits per heavy atom. The third-order valence-corrected chi connectivity index (χ3v) is 5.16. The molecular formula is C22H23N3O3. The normalized spacial score (nSPS) is 16.6. The Morgan fingerprint density at radius 2 is 2.04 bits per heavy atom. The van der Waals surface area contributed by atoms with Crippen LogP contribution in [0.4, 0.5) is 5.69 Å². The summed E-state index contributed by atoms with van der Waals surface area (Å²) in [6.45, 7) is 5.07. The highest BCUT2D eigenvalue weighted by Crippen LogP contribution is 2.39. The molecule has 2 aromatic carbocycles. The van der Waals surface area contributed by atoms with Gasteiger partial charge in [-0.3, -0.25) is 4.79 Å². The lowest BCUT2D eigenvalue weighted by Gasteiger charge is -2.20. The number of imidazole rings is 1. The van der Waals surface area contributed by atoms with E-state index >= 15 is 0 Å². The van der Waals surface area contributed by atoms with E-state index in [1.54, 1.807) is 19.1 Å². The number of hydrogen-bond donors (Lipinski definition) is 0. The van der Waals surface area contributed by atoms with Gasteiger partial charge in [0.1, 0.15) is 17.3 Å². The van der Waals surface area contributed by atoms with Crippen LogP contribution in [0.3, 0.4) is 0 Å². The molecule has 144 valence electrons. The zero-order chi connectivity index (χ0) is 19.7. The van der Waals surface area contributed by atoms with Crippen molar-refractivity contribution in [1.82, 2.24) is 9.55 Å². The van der Waals surface area contributed by atoms with Gasteiger partial charge in [0.2, 0.25) is 5.91 Å². The summed E-state index contributed by atoms with van der Waals surface area (Å²) in [6, 6.07) is 13.5. The molecule has 1 aromatic heterocycles. The first-order valence-corrected chi connectivity index (χ1v) is 9.24. The average molecular weight is 377 g/mol. The van der Waals surface area contributed by atoms with Crippen molar-refractivity contribution in [2.45, 2.75) is 18.9 Å². The molecule has 1 atom stereocenters. The number of carbonyl (C=O) groups excluding carboxylic acids is 1. The number of benzene rings is 2. The Balaban J connectivity index is 1.72. The molecule has 3 aromatic rings. The van der Waals surface area contributed by atoms with Crippen LogP contribution in [0.2, 0.25) is 0 Å². The number of rotatable bonds is 6. The maximum Gasteiger partial charge on any atom is 0.227 e. The zero-order valence-corrected chi connectivity index (χ0v) is 16.1. The summed E-state index contributed by atoms with van der Waals surface area (Å²) in [5.41, 5.74) is 2.72. The fourth-order valence-electron chi connectivity index (χ4n) is 3.85. The fourth-order valence-corrected chi connectivity index (χ4v) is 3.85. The molecule has 6 heteroatoms. The second-order valence-electron chi connectivity index (χ2n) is 6.80. The summed E-state index contributed by atoms with van der Waals surface area (Å²) in [6.07, 6.45) is 2.26. The van der Waals surface area contributed by atoms with Gasteiger partial charge < -0.3 is 18.9 Å². The van der Waals surface area contributed by atoms with E-state index in [0.717, 1.165) is 22.5 Å². The molecule has 1 fully saturated rings.